The fraction of sp³-hybridized carbons (Fsp3) is 0.0714. The lowest BCUT2D eigenvalue weighted by Gasteiger charge is -2.14. The first-order valence-corrected chi connectivity index (χ1v) is 7.09. The lowest BCUT2D eigenvalue weighted by atomic mass is 9.97. The van der Waals surface area contributed by atoms with Crippen molar-refractivity contribution in [2.24, 2.45) is 11.5 Å². The first-order chi connectivity index (χ1) is 10.5. The third-order valence-electron chi connectivity index (χ3n) is 3.36. The van der Waals surface area contributed by atoms with Crippen LogP contribution in [0.4, 0.5) is 0 Å². The van der Waals surface area contributed by atoms with E-state index in [1.165, 1.54) is 6.33 Å². The van der Waals surface area contributed by atoms with Gasteiger partial charge in [0.2, 0.25) is 0 Å². The molecule has 0 bridgehead atoms. The molecule has 2 heterocycles. The Balaban J connectivity index is 2.40. The van der Waals surface area contributed by atoms with Gasteiger partial charge in [-0.1, -0.05) is 29.3 Å². The number of benzene rings is 1. The highest BCUT2D eigenvalue weighted by atomic mass is 35.5. The number of pyridine rings is 1. The maximum Gasteiger partial charge on any atom is 0.252 e. The predicted molar refractivity (Wildman–Crippen MR) is 84.9 cm³/mol. The van der Waals surface area contributed by atoms with Crippen molar-refractivity contribution in [1.29, 1.82) is 0 Å². The van der Waals surface area contributed by atoms with Crippen molar-refractivity contribution in [2.75, 3.05) is 0 Å². The van der Waals surface area contributed by atoms with Gasteiger partial charge < -0.3 is 11.5 Å². The summed E-state index contributed by atoms with van der Waals surface area (Å²) < 4.78 is 1.61. The molecule has 0 aliphatic rings. The van der Waals surface area contributed by atoms with E-state index in [1.807, 2.05) is 0 Å². The zero-order chi connectivity index (χ0) is 15.9. The molecule has 0 radical (unpaired) electrons. The largest absolute Gasteiger partial charge is 0.365 e. The first kappa shape index (κ1) is 14.8. The number of primary amides is 1. The second-order valence-corrected chi connectivity index (χ2v) is 5.49. The Labute approximate surface area is 135 Å². The monoisotopic (exact) mass is 335 g/mol. The van der Waals surface area contributed by atoms with Crippen LogP contribution in [0.5, 0.6) is 0 Å². The van der Waals surface area contributed by atoms with E-state index in [1.54, 1.807) is 28.8 Å². The number of halogens is 2. The smallest absolute Gasteiger partial charge is 0.252 e. The van der Waals surface area contributed by atoms with Crippen molar-refractivity contribution in [3.05, 3.63) is 51.9 Å². The molecule has 4 N–H and O–H groups in total. The van der Waals surface area contributed by atoms with Gasteiger partial charge in [0.1, 0.15) is 6.33 Å². The Kier molecular flexibility index (Phi) is 3.74. The van der Waals surface area contributed by atoms with Crippen molar-refractivity contribution in [3.63, 3.8) is 0 Å². The lowest BCUT2D eigenvalue weighted by Crippen LogP contribution is -2.18. The molecule has 0 aliphatic carbocycles. The number of nitrogens with zero attached hydrogens (tertiary/aromatic N) is 3. The van der Waals surface area contributed by atoms with Gasteiger partial charge in [-0.3, -0.25) is 9.20 Å². The molecule has 8 heteroatoms. The topological polar surface area (TPSA) is 99.3 Å². The van der Waals surface area contributed by atoms with Crippen LogP contribution in [0, 0.1) is 0 Å². The van der Waals surface area contributed by atoms with E-state index in [0.29, 0.717) is 32.4 Å². The fourth-order valence-corrected chi connectivity index (χ4v) is 2.92. The predicted octanol–water partition coefficient (Wildman–Crippen LogP) is 2.26. The minimum atomic E-state index is -0.620. The van der Waals surface area contributed by atoms with Crippen LogP contribution in [0.15, 0.2) is 30.7 Å². The molecular formula is C14H11Cl2N5O. The van der Waals surface area contributed by atoms with Crippen LogP contribution >= 0.6 is 23.2 Å². The molecule has 0 spiro atoms. The SMILES string of the molecule is NCc1c(-c2ccc(Cl)cc2Cl)cn2cnnc2c1C(N)=O. The maximum absolute atomic E-state index is 11.8. The molecule has 1 aromatic carbocycles. The molecule has 0 fully saturated rings. The summed E-state index contributed by atoms with van der Waals surface area (Å²) >= 11 is 12.2. The summed E-state index contributed by atoms with van der Waals surface area (Å²) in [5.74, 6) is -0.620. The normalized spacial score (nSPS) is 11.0. The molecule has 0 aliphatic heterocycles. The quantitative estimate of drug-likeness (QED) is 0.766. The zero-order valence-electron chi connectivity index (χ0n) is 11.3. The second-order valence-electron chi connectivity index (χ2n) is 4.65. The highest BCUT2D eigenvalue weighted by Gasteiger charge is 2.20. The lowest BCUT2D eigenvalue weighted by molar-refractivity contribution is 0.100. The fourth-order valence-electron chi connectivity index (χ4n) is 2.41. The number of hydrogen-bond donors (Lipinski definition) is 2. The zero-order valence-corrected chi connectivity index (χ0v) is 12.8. The summed E-state index contributed by atoms with van der Waals surface area (Å²) in [6, 6.07) is 5.10. The van der Waals surface area contributed by atoms with Crippen molar-refractivity contribution in [2.45, 2.75) is 6.54 Å². The molecule has 112 valence electrons. The molecule has 0 unspecified atom stereocenters. The number of carbonyl (C=O) groups excluding carboxylic acids is 1. The summed E-state index contributed by atoms with van der Waals surface area (Å²) in [4.78, 5) is 11.8. The van der Waals surface area contributed by atoms with E-state index in [-0.39, 0.29) is 12.1 Å². The Bertz CT molecular complexity index is 890. The van der Waals surface area contributed by atoms with Gasteiger partial charge in [0.15, 0.2) is 5.65 Å². The van der Waals surface area contributed by atoms with Crippen LogP contribution in [-0.2, 0) is 6.54 Å². The van der Waals surface area contributed by atoms with Gasteiger partial charge in [-0.15, -0.1) is 10.2 Å². The summed E-state index contributed by atoms with van der Waals surface area (Å²) in [5, 5.41) is 8.69. The minimum absolute atomic E-state index is 0.107. The molecule has 3 rings (SSSR count). The van der Waals surface area contributed by atoms with E-state index in [9.17, 15) is 4.79 Å². The molecular weight excluding hydrogens is 325 g/mol. The standard InChI is InChI=1S/C14H11Cl2N5O/c15-7-1-2-8(11(16)3-7)10-5-21-6-19-20-14(21)12(13(18)22)9(10)4-17/h1-3,5-6H,4,17H2,(H2,18,22). The van der Waals surface area contributed by atoms with E-state index >= 15 is 0 Å². The van der Waals surface area contributed by atoms with Crippen LogP contribution in [-0.4, -0.2) is 20.5 Å². The van der Waals surface area contributed by atoms with Gasteiger partial charge in [0, 0.05) is 33.9 Å². The van der Waals surface area contributed by atoms with Crippen molar-refractivity contribution in [1.82, 2.24) is 14.6 Å². The molecule has 22 heavy (non-hydrogen) atoms. The number of hydrogen-bond acceptors (Lipinski definition) is 4. The van der Waals surface area contributed by atoms with Gasteiger partial charge >= 0.3 is 0 Å². The average molecular weight is 336 g/mol. The van der Waals surface area contributed by atoms with E-state index < -0.39 is 5.91 Å². The first-order valence-electron chi connectivity index (χ1n) is 6.33. The van der Waals surface area contributed by atoms with Gasteiger partial charge in [0.05, 0.1) is 5.56 Å². The molecule has 6 nitrogen and oxygen atoms in total. The number of fused-ring (bicyclic) bond motifs is 1. The third-order valence-corrected chi connectivity index (χ3v) is 3.91. The Morgan fingerprint density at radius 2 is 2.05 bits per heavy atom. The van der Waals surface area contributed by atoms with E-state index in [2.05, 4.69) is 10.2 Å². The van der Waals surface area contributed by atoms with Gasteiger partial charge in [0.25, 0.3) is 5.91 Å². The Hall–Kier alpha value is -2.15. The van der Waals surface area contributed by atoms with Crippen molar-refractivity contribution >= 4 is 34.8 Å². The molecule has 0 saturated heterocycles. The van der Waals surface area contributed by atoms with Gasteiger partial charge in [-0.2, -0.15) is 0 Å². The second kappa shape index (κ2) is 5.57. The van der Waals surface area contributed by atoms with E-state index in [4.69, 9.17) is 34.7 Å². The number of aromatic nitrogens is 3. The van der Waals surface area contributed by atoms with Gasteiger partial charge in [-0.25, -0.2) is 0 Å². The van der Waals surface area contributed by atoms with Crippen LogP contribution in [0.25, 0.3) is 16.8 Å². The Morgan fingerprint density at radius 3 is 2.68 bits per heavy atom. The molecule has 2 aromatic heterocycles. The number of nitrogens with two attached hydrogens (primary N) is 2. The van der Waals surface area contributed by atoms with Gasteiger partial charge in [-0.05, 0) is 17.7 Å². The van der Waals surface area contributed by atoms with Crippen LogP contribution in [0.1, 0.15) is 15.9 Å². The Morgan fingerprint density at radius 1 is 1.27 bits per heavy atom. The summed E-state index contributed by atoms with van der Waals surface area (Å²) in [5.41, 5.74) is 13.9. The number of rotatable bonds is 3. The summed E-state index contributed by atoms with van der Waals surface area (Å²) in [7, 11) is 0. The van der Waals surface area contributed by atoms with Crippen LogP contribution < -0.4 is 11.5 Å². The summed E-state index contributed by atoms with van der Waals surface area (Å²) in [6.07, 6.45) is 3.24. The maximum atomic E-state index is 11.8. The summed E-state index contributed by atoms with van der Waals surface area (Å²) in [6.45, 7) is 0.107. The van der Waals surface area contributed by atoms with E-state index in [0.717, 1.165) is 0 Å². The number of carbonyl (C=O) groups is 1. The molecule has 3 aromatic rings. The highest BCUT2D eigenvalue weighted by molar-refractivity contribution is 6.36. The van der Waals surface area contributed by atoms with Crippen LogP contribution in [0.3, 0.4) is 0 Å². The third kappa shape index (κ3) is 2.31. The van der Waals surface area contributed by atoms with Crippen molar-refractivity contribution in [3.8, 4) is 11.1 Å². The van der Waals surface area contributed by atoms with Crippen molar-refractivity contribution < 1.29 is 4.79 Å². The van der Waals surface area contributed by atoms with Crippen LogP contribution in [0.2, 0.25) is 10.0 Å². The highest BCUT2D eigenvalue weighted by Crippen LogP contribution is 2.34. The minimum Gasteiger partial charge on any atom is -0.365 e. The molecule has 0 saturated carbocycles. The number of amides is 1. The average Bonchev–Trinajstić information content (AvgIpc) is 2.92. The molecule has 1 amide bonds. The molecule has 0 atom stereocenters.